The van der Waals surface area contributed by atoms with Gasteiger partial charge in [-0.3, -0.25) is 0 Å². The van der Waals surface area contributed by atoms with Crippen molar-refractivity contribution in [3.8, 4) is 0 Å². The number of aromatic nitrogens is 3. The summed E-state index contributed by atoms with van der Waals surface area (Å²) in [6, 6.07) is 16.9. The van der Waals surface area contributed by atoms with Crippen molar-refractivity contribution in [3.63, 3.8) is 0 Å². The largest absolute Gasteiger partial charge is 0.353 e. The van der Waals surface area contributed by atoms with Gasteiger partial charge in [-0.15, -0.1) is 0 Å². The second kappa shape index (κ2) is 7.46. The van der Waals surface area contributed by atoms with Gasteiger partial charge in [-0.2, -0.15) is 0 Å². The average Bonchev–Trinajstić information content (AvgIpc) is 2.79. The van der Waals surface area contributed by atoms with Crippen LogP contribution in [0.3, 0.4) is 0 Å². The Bertz CT molecular complexity index is 937. The molecule has 28 heavy (non-hydrogen) atoms. The summed E-state index contributed by atoms with van der Waals surface area (Å²) in [6.45, 7) is 4.76. The highest BCUT2D eigenvalue weighted by Crippen LogP contribution is 2.33. The Morgan fingerprint density at radius 1 is 0.679 bits per heavy atom. The van der Waals surface area contributed by atoms with Crippen molar-refractivity contribution in [2.24, 2.45) is 0 Å². The van der Waals surface area contributed by atoms with Crippen molar-refractivity contribution in [1.29, 1.82) is 0 Å². The minimum Gasteiger partial charge on any atom is -0.353 e. The molecule has 3 aromatic rings. The molecule has 0 bridgehead atoms. The van der Waals surface area contributed by atoms with Crippen molar-refractivity contribution in [2.45, 2.75) is 12.8 Å². The number of piperazine rings is 1. The maximum Gasteiger partial charge on any atom is 0.138 e. The Labute approximate surface area is 165 Å². The highest BCUT2D eigenvalue weighted by Gasteiger charge is 2.22. The quantitative estimate of drug-likeness (QED) is 0.703. The van der Waals surface area contributed by atoms with E-state index in [4.69, 9.17) is 0 Å². The maximum absolute atomic E-state index is 4.59. The van der Waals surface area contributed by atoms with Gasteiger partial charge in [0.2, 0.25) is 0 Å². The van der Waals surface area contributed by atoms with Crippen LogP contribution in [0.25, 0.3) is 0 Å². The molecule has 1 fully saturated rings. The first-order valence-electron chi connectivity index (χ1n) is 9.97. The molecule has 0 aliphatic carbocycles. The first kappa shape index (κ1) is 17.0. The van der Waals surface area contributed by atoms with Crippen LogP contribution in [0.15, 0.2) is 61.1 Å². The SMILES string of the molecule is c1ccc(N2CCN(c3cc(N4CCCc5ccccc54)ncn3)CC2)nc1. The molecule has 142 valence electrons. The smallest absolute Gasteiger partial charge is 0.138 e. The zero-order chi connectivity index (χ0) is 18.8. The second-order valence-electron chi connectivity index (χ2n) is 7.28. The molecule has 1 saturated heterocycles. The molecule has 0 unspecified atom stereocenters. The van der Waals surface area contributed by atoms with Gasteiger partial charge in [0, 0.05) is 50.7 Å². The molecular weight excluding hydrogens is 348 g/mol. The molecule has 6 heteroatoms. The number of hydrogen-bond donors (Lipinski definition) is 0. The highest BCUT2D eigenvalue weighted by molar-refractivity contribution is 5.67. The predicted octanol–water partition coefficient (Wildman–Crippen LogP) is 3.28. The van der Waals surface area contributed by atoms with Gasteiger partial charge in [-0.25, -0.2) is 15.0 Å². The fraction of sp³-hybridized carbons (Fsp3) is 0.318. The van der Waals surface area contributed by atoms with Crippen molar-refractivity contribution in [2.75, 3.05) is 47.4 Å². The first-order valence-corrected chi connectivity index (χ1v) is 9.97. The van der Waals surface area contributed by atoms with Crippen LogP contribution in [0.5, 0.6) is 0 Å². The van der Waals surface area contributed by atoms with Crippen LogP contribution >= 0.6 is 0 Å². The third kappa shape index (κ3) is 3.26. The van der Waals surface area contributed by atoms with Gasteiger partial charge in [0.05, 0.1) is 0 Å². The van der Waals surface area contributed by atoms with E-state index in [0.717, 1.165) is 63.0 Å². The molecule has 4 heterocycles. The van der Waals surface area contributed by atoms with Crippen LogP contribution in [0.1, 0.15) is 12.0 Å². The second-order valence-corrected chi connectivity index (χ2v) is 7.28. The minimum atomic E-state index is 0.934. The summed E-state index contributed by atoms with van der Waals surface area (Å²) in [7, 11) is 0. The molecule has 2 aliphatic rings. The molecule has 5 rings (SSSR count). The van der Waals surface area contributed by atoms with Crippen LogP contribution in [-0.4, -0.2) is 47.7 Å². The Hall–Kier alpha value is -3.15. The molecule has 2 aromatic heterocycles. The molecule has 0 radical (unpaired) electrons. The Balaban J connectivity index is 1.33. The van der Waals surface area contributed by atoms with E-state index in [2.05, 4.69) is 66.0 Å². The maximum atomic E-state index is 4.59. The van der Waals surface area contributed by atoms with Gasteiger partial charge in [0.15, 0.2) is 0 Å². The zero-order valence-electron chi connectivity index (χ0n) is 15.9. The van der Waals surface area contributed by atoms with Gasteiger partial charge in [-0.05, 0) is 36.6 Å². The van der Waals surface area contributed by atoms with Gasteiger partial charge in [0.25, 0.3) is 0 Å². The number of para-hydroxylation sites is 1. The summed E-state index contributed by atoms with van der Waals surface area (Å²) < 4.78 is 0. The lowest BCUT2D eigenvalue weighted by Crippen LogP contribution is -2.47. The number of pyridine rings is 1. The number of nitrogens with zero attached hydrogens (tertiary/aromatic N) is 6. The highest BCUT2D eigenvalue weighted by atomic mass is 15.3. The molecular formula is C22H24N6. The standard InChI is InChI=1S/C22H24N6/c1-2-8-19-18(6-1)7-5-11-28(19)22-16-21(24-17-25-22)27-14-12-26(13-15-27)20-9-3-4-10-23-20/h1-4,6,8-10,16-17H,5,7,11-15H2. The summed E-state index contributed by atoms with van der Waals surface area (Å²) >= 11 is 0. The van der Waals surface area contributed by atoms with Crippen molar-refractivity contribution in [3.05, 3.63) is 66.6 Å². The van der Waals surface area contributed by atoms with E-state index in [-0.39, 0.29) is 0 Å². The third-order valence-electron chi connectivity index (χ3n) is 5.60. The average molecular weight is 372 g/mol. The van der Waals surface area contributed by atoms with Crippen LogP contribution in [0.2, 0.25) is 0 Å². The van der Waals surface area contributed by atoms with Gasteiger partial charge >= 0.3 is 0 Å². The van der Waals surface area contributed by atoms with E-state index in [1.807, 2.05) is 18.3 Å². The summed E-state index contributed by atoms with van der Waals surface area (Å²) in [6.07, 6.45) is 5.85. The number of fused-ring (bicyclic) bond motifs is 1. The number of rotatable bonds is 3. The van der Waals surface area contributed by atoms with Crippen molar-refractivity contribution < 1.29 is 0 Å². The van der Waals surface area contributed by atoms with Crippen LogP contribution < -0.4 is 14.7 Å². The minimum absolute atomic E-state index is 0.934. The number of hydrogen-bond acceptors (Lipinski definition) is 6. The van der Waals surface area contributed by atoms with Gasteiger partial charge in [-0.1, -0.05) is 24.3 Å². The number of anilines is 4. The summed E-state index contributed by atoms with van der Waals surface area (Å²) in [5.41, 5.74) is 2.68. The topological polar surface area (TPSA) is 48.4 Å². The molecule has 0 atom stereocenters. The molecule has 0 N–H and O–H groups in total. The van der Waals surface area contributed by atoms with Crippen molar-refractivity contribution in [1.82, 2.24) is 15.0 Å². The number of benzene rings is 1. The monoisotopic (exact) mass is 372 g/mol. The Morgan fingerprint density at radius 3 is 2.25 bits per heavy atom. The molecule has 1 aromatic carbocycles. The first-order chi connectivity index (χ1) is 13.9. The van der Waals surface area contributed by atoms with Crippen molar-refractivity contribution >= 4 is 23.1 Å². The summed E-state index contributed by atoms with van der Waals surface area (Å²) in [4.78, 5) is 20.6. The fourth-order valence-electron chi connectivity index (χ4n) is 4.13. The van der Waals surface area contributed by atoms with Crippen LogP contribution in [0, 0.1) is 0 Å². The zero-order valence-corrected chi connectivity index (χ0v) is 15.9. The molecule has 0 amide bonds. The Morgan fingerprint density at radius 2 is 1.43 bits per heavy atom. The number of aryl methyl sites for hydroxylation is 1. The van der Waals surface area contributed by atoms with Gasteiger partial charge < -0.3 is 14.7 Å². The predicted molar refractivity (Wildman–Crippen MR) is 112 cm³/mol. The van der Waals surface area contributed by atoms with E-state index >= 15 is 0 Å². The van der Waals surface area contributed by atoms with E-state index in [1.54, 1.807) is 6.33 Å². The van der Waals surface area contributed by atoms with E-state index in [1.165, 1.54) is 11.3 Å². The lowest BCUT2D eigenvalue weighted by molar-refractivity contribution is 0.640. The van der Waals surface area contributed by atoms with Crippen LogP contribution in [-0.2, 0) is 6.42 Å². The van der Waals surface area contributed by atoms with Gasteiger partial charge in [0.1, 0.15) is 23.8 Å². The van der Waals surface area contributed by atoms with E-state index in [0.29, 0.717) is 0 Å². The fourth-order valence-corrected chi connectivity index (χ4v) is 4.13. The van der Waals surface area contributed by atoms with E-state index < -0.39 is 0 Å². The molecule has 2 aliphatic heterocycles. The van der Waals surface area contributed by atoms with Crippen LogP contribution in [0.4, 0.5) is 23.1 Å². The molecule has 0 saturated carbocycles. The lowest BCUT2D eigenvalue weighted by Gasteiger charge is -2.36. The lowest BCUT2D eigenvalue weighted by atomic mass is 10.0. The Kier molecular flexibility index (Phi) is 4.53. The third-order valence-corrected chi connectivity index (χ3v) is 5.60. The molecule has 6 nitrogen and oxygen atoms in total. The van der Waals surface area contributed by atoms with E-state index in [9.17, 15) is 0 Å². The normalized spacial score (nSPS) is 16.8. The summed E-state index contributed by atoms with van der Waals surface area (Å²) in [5, 5.41) is 0. The summed E-state index contributed by atoms with van der Waals surface area (Å²) in [5.74, 6) is 3.05. The molecule has 0 spiro atoms.